The van der Waals surface area contributed by atoms with Crippen molar-refractivity contribution in [2.24, 2.45) is 5.92 Å². The molecule has 2 nitrogen and oxygen atoms in total. The van der Waals surface area contributed by atoms with Crippen LogP contribution in [0.5, 0.6) is 5.75 Å². The van der Waals surface area contributed by atoms with Gasteiger partial charge >= 0.3 is 0 Å². The predicted molar refractivity (Wildman–Crippen MR) is 66.0 cm³/mol. The topological polar surface area (TPSA) is 26.3 Å². The molecule has 0 aliphatic carbocycles. The highest BCUT2D eigenvalue weighted by atomic mass is 16.5. The van der Waals surface area contributed by atoms with E-state index in [1.165, 1.54) is 6.42 Å². The van der Waals surface area contributed by atoms with E-state index in [2.05, 4.69) is 13.8 Å². The van der Waals surface area contributed by atoms with Gasteiger partial charge in [0.05, 0.1) is 12.2 Å². The van der Waals surface area contributed by atoms with Crippen LogP contribution in [0.25, 0.3) is 0 Å². The minimum atomic E-state index is 0.0544. The predicted octanol–water partition coefficient (Wildman–Crippen LogP) is 3.70. The maximum Gasteiger partial charge on any atom is 0.163 e. The largest absolute Gasteiger partial charge is 0.493 e. The Bertz CT molecular complexity index is 344. The van der Waals surface area contributed by atoms with Crippen molar-refractivity contribution in [1.29, 1.82) is 0 Å². The number of Topliss-reactive ketones (excluding diaryl/α,β-unsaturated/α-hetero) is 1. The summed E-state index contributed by atoms with van der Waals surface area (Å²) < 4.78 is 5.69. The third kappa shape index (κ3) is 3.69. The Labute approximate surface area is 97.6 Å². The fourth-order valence-corrected chi connectivity index (χ4v) is 1.69. The molecule has 2 heteroatoms. The van der Waals surface area contributed by atoms with Crippen LogP contribution in [-0.4, -0.2) is 12.4 Å². The van der Waals surface area contributed by atoms with Gasteiger partial charge in [0.15, 0.2) is 5.78 Å². The van der Waals surface area contributed by atoms with Gasteiger partial charge in [-0.15, -0.1) is 0 Å². The van der Waals surface area contributed by atoms with Crippen LogP contribution in [0.4, 0.5) is 0 Å². The van der Waals surface area contributed by atoms with Gasteiger partial charge in [-0.25, -0.2) is 0 Å². The van der Waals surface area contributed by atoms with Crippen LogP contribution in [0.2, 0.25) is 0 Å². The second kappa shape index (κ2) is 6.31. The summed E-state index contributed by atoms with van der Waals surface area (Å²) >= 11 is 0. The van der Waals surface area contributed by atoms with Gasteiger partial charge < -0.3 is 4.74 Å². The van der Waals surface area contributed by atoms with Crippen LogP contribution >= 0.6 is 0 Å². The highest BCUT2D eigenvalue weighted by Gasteiger charge is 2.08. The third-order valence-corrected chi connectivity index (χ3v) is 2.57. The Hall–Kier alpha value is -1.31. The van der Waals surface area contributed by atoms with E-state index in [-0.39, 0.29) is 5.78 Å². The first-order chi connectivity index (χ1) is 7.65. The highest BCUT2D eigenvalue weighted by Crippen LogP contribution is 2.19. The first kappa shape index (κ1) is 12.8. The first-order valence-corrected chi connectivity index (χ1v) is 5.88. The van der Waals surface area contributed by atoms with Crippen molar-refractivity contribution >= 4 is 5.78 Å². The van der Waals surface area contributed by atoms with E-state index >= 15 is 0 Å². The Kier molecular flexibility index (Phi) is 5.03. The molecule has 0 bridgehead atoms. The van der Waals surface area contributed by atoms with Crippen molar-refractivity contribution in [1.82, 2.24) is 0 Å². The molecule has 0 N–H and O–H groups in total. The molecule has 1 aromatic carbocycles. The molecule has 0 aliphatic heterocycles. The average molecular weight is 220 g/mol. The van der Waals surface area contributed by atoms with Gasteiger partial charge in [-0.3, -0.25) is 4.79 Å². The SMILES string of the molecule is CCCC(C)COc1ccccc1C(C)=O. The van der Waals surface area contributed by atoms with Crippen LogP contribution in [0.3, 0.4) is 0 Å². The van der Waals surface area contributed by atoms with Crippen LogP contribution in [0, 0.1) is 5.92 Å². The van der Waals surface area contributed by atoms with E-state index in [1.54, 1.807) is 6.92 Å². The van der Waals surface area contributed by atoms with E-state index in [0.717, 1.165) is 6.42 Å². The number of carbonyl (C=O) groups is 1. The van der Waals surface area contributed by atoms with Gasteiger partial charge in [0.25, 0.3) is 0 Å². The quantitative estimate of drug-likeness (QED) is 0.683. The fraction of sp³-hybridized carbons (Fsp3) is 0.500. The minimum Gasteiger partial charge on any atom is -0.493 e. The van der Waals surface area contributed by atoms with Crippen LogP contribution in [0.1, 0.15) is 44.0 Å². The Morgan fingerprint density at radius 1 is 1.38 bits per heavy atom. The summed E-state index contributed by atoms with van der Waals surface area (Å²) in [7, 11) is 0. The summed E-state index contributed by atoms with van der Waals surface area (Å²) in [6, 6.07) is 7.42. The number of benzene rings is 1. The second-order valence-electron chi connectivity index (χ2n) is 4.26. The lowest BCUT2D eigenvalue weighted by atomic mass is 10.1. The molecule has 1 unspecified atom stereocenters. The molecular weight excluding hydrogens is 200 g/mol. The van der Waals surface area contributed by atoms with E-state index < -0.39 is 0 Å². The summed E-state index contributed by atoms with van der Waals surface area (Å²) in [6.07, 6.45) is 2.32. The average Bonchev–Trinajstić information content (AvgIpc) is 2.27. The molecule has 0 saturated carbocycles. The van der Waals surface area contributed by atoms with Gasteiger partial charge in [0, 0.05) is 0 Å². The number of hydrogen-bond donors (Lipinski definition) is 0. The molecule has 16 heavy (non-hydrogen) atoms. The van der Waals surface area contributed by atoms with Gasteiger partial charge in [0.1, 0.15) is 5.75 Å². The maximum atomic E-state index is 11.4. The molecule has 0 aromatic heterocycles. The molecular formula is C14H20O2. The van der Waals surface area contributed by atoms with Gasteiger partial charge in [-0.05, 0) is 31.4 Å². The Morgan fingerprint density at radius 3 is 2.69 bits per heavy atom. The van der Waals surface area contributed by atoms with Crippen molar-refractivity contribution in [2.45, 2.75) is 33.6 Å². The monoisotopic (exact) mass is 220 g/mol. The Balaban J connectivity index is 2.63. The lowest BCUT2D eigenvalue weighted by molar-refractivity contribution is 0.101. The van der Waals surface area contributed by atoms with Gasteiger partial charge in [0.2, 0.25) is 0 Å². The summed E-state index contributed by atoms with van der Waals surface area (Å²) in [5, 5.41) is 0. The van der Waals surface area contributed by atoms with Crippen LogP contribution in [0.15, 0.2) is 24.3 Å². The summed E-state index contributed by atoms with van der Waals surface area (Å²) in [6.45, 7) is 6.58. The van der Waals surface area contributed by atoms with E-state index in [0.29, 0.717) is 23.8 Å². The molecule has 1 aromatic rings. The van der Waals surface area contributed by atoms with Crippen molar-refractivity contribution < 1.29 is 9.53 Å². The van der Waals surface area contributed by atoms with Crippen molar-refractivity contribution in [3.05, 3.63) is 29.8 Å². The molecule has 0 amide bonds. The third-order valence-electron chi connectivity index (χ3n) is 2.57. The van der Waals surface area contributed by atoms with E-state index in [1.807, 2.05) is 24.3 Å². The lowest BCUT2D eigenvalue weighted by Crippen LogP contribution is -2.10. The minimum absolute atomic E-state index is 0.0544. The Morgan fingerprint density at radius 2 is 2.06 bits per heavy atom. The van der Waals surface area contributed by atoms with E-state index in [9.17, 15) is 4.79 Å². The molecule has 1 atom stereocenters. The summed E-state index contributed by atoms with van der Waals surface area (Å²) in [4.78, 5) is 11.4. The van der Waals surface area contributed by atoms with Crippen LogP contribution < -0.4 is 4.74 Å². The maximum absolute atomic E-state index is 11.4. The van der Waals surface area contributed by atoms with E-state index in [4.69, 9.17) is 4.74 Å². The zero-order valence-corrected chi connectivity index (χ0v) is 10.3. The number of ether oxygens (including phenoxy) is 1. The number of ketones is 1. The smallest absolute Gasteiger partial charge is 0.163 e. The fourth-order valence-electron chi connectivity index (χ4n) is 1.69. The van der Waals surface area contributed by atoms with Gasteiger partial charge in [-0.1, -0.05) is 32.4 Å². The molecule has 0 radical (unpaired) electrons. The molecule has 0 heterocycles. The number of carbonyl (C=O) groups excluding carboxylic acids is 1. The molecule has 0 aliphatic rings. The first-order valence-electron chi connectivity index (χ1n) is 5.88. The molecule has 88 valence electrons. The number of para-hydroxylation sites is 1. The zero-order chi connectivity index (χ0) is 12.0. The van der Waals surface area contributed by atoms with Crippen molar-refractivity contribution in [3.63, 3.8) is 0 Å². The summed E-state index contributed by atoms with van der Waals surface area (Å²) in [5.41, 5.74) is 0.672. The molecule has 0 spiro atoms. The van der Waals surface area contributed by atoms with Crippen molar-refractivity contribution in [2.75, 3.05) is 6.61 Å². The zero-order valence-electron chi connectivity index (χ0n) is 10.3. The number of hydrogen-bond acceptors (Lipinski definition) is 2. The van der Waals surface area contributed by atoms with Crippen molar-refractivity contribution in [3.8, 4) is 5.75 Å². The van der Waals surface area contributed by atoms with Crippen LogP contribution in [-0.2, 0) is 0 Å². The number of rotatable bonds is 6. The van der Waals surface area contributed by atoms with Gasteiger partial charge in [-0.2, -0.15) is 0 Å². The normalized spacial score (nSPS) is 12.2. The molecule has 0 fully saturated rings. The molecule has 0 saturated heterocycles. The highest BCUT2D eigenvalue weighted by molar-refractivity contribution is 5.96. The standard InChI is InChI=1S/C14H20O2/c1-4-7-11(2)10-16-14-9-6-5-8-13(14)12(3)15/h5-6,8-9,11H,4,7,10H2,1-3H3. The summed E-state index contributed by atoms with van der Waals surface area (Å²) in [5.74, 6) is 1.29. The lowest BCUT2D eigenvalue weighted by Gasteiger charge is -2.13. The molecule has 1 rings (SSSR count). The second-order valence-corrected chi connectivity index (χ2v) is 4.26.